The Morgan fingerprint density at radius 2 is 1.78 bits per heavy atom. The highest BCUT2D eigenvalue weighted by Gasteiger charge is 2.17. The summed E-state index contributed by atoms with van der Waals surface area (Å²) < 4.78 is 10.6. The number of hydrogen-bond donors (Lipinski definition) is 2. The number of carbonyl (C=O) groups excluding carboxylic acids is 1. The van der Waals surface area contributed by atoms with E-state index in [-0.39, 0.29) is 11.4 Å². The van der Waals surface area contributed by atoms with Gasteiger partial charge in [-0.2, -0.15) is 0 Å². The second-order valence-electron chi connectivity index (χ2n) is 7.26. The van der Waals surface area contributed by atoms with Crippen LogP contribution in [0.25, 0.3) is 0 Å². The summed E-state index contributed by atoms with van der Waals surface area (Å²) in [4.78, 5) is 20.9. The van der Waals surface area contributed by atoms with Crippen molar-refractivity contribution in [2.24, 2.45) is 0 Å². The second-order valence-corrected chi connectivity index (χ2v) is 7.26. The topological polar surface area (TPSA) is 85.4 Å². The molecule has 0 saturated heterocycles. The third-order valence-corrected chi connectivity index (χ3v) is 3.73. The molecule has 0 spiro atoms. The van der Waals surface area contributed by atoms with Crippen LogP contribution in [0.1, 0.15) is 42.6 Å². The first-order valence-corrected chi connectivity index (χ1v) is 8.85. The van der Waals surface area contributed by atoms with Crippen LogP contribution in [-0.2, 0) is 6.42 Å². The number of amides is 1. The third kappa shape index (κ3) is 6.13. The summed E-state index contributed by atoms with van der Waals surface area (Å²) in [6, 6.07) is 7.50. The minimum absolute atomic E-state index is 0.212. The van der Waals surface area contributed by atoms with Crippen LogP contribution in [0.15, 0.2) is 24.3 Å². The first kappa shape index (κ1) is 20.5. The normalized spacial score (nSPS) is 11.0. The Kier molecular flexibility index (Phi) is 6.60. The lowest BCUT2D eigenvalue weighted by Gasteiger charge is -2.20. The number of carbonyl (C=O) groups is 1. The number of methoxy groups -OCH3 is 2. The van der Waals surface area contributed by atoms with Crippen LogP contribution < -0.4 is 20.1 Å². The summed E-state index contributed by atoms with van der Waals surface area (Å²) in [5.41, 5.74) is 1.14. The van der Waals surface area contributed by atoms with Gasteiger partial charge in [0.05, 0.1) is 14.2 Å². The molecule has 0 unspecified atom stereocenters. The molecule has 1 heterocycles. The van der Waals surface area contributed by atoms with Crippen LogP contribution in [0.3, 0.4) is 0 Å². The van der Waals surface area contributed by atoms with Crippen LogP contribution in [0.2, 0.25) is 0 Å². The van der Waals surface area contributed by atoms with Gasteiger partial charge in [0.25, 0.3) is 5.91 Å². The average molecular weight is 372 g/mol. The quantitative estimate of drug-likeness (QED) is 0.777. The van der Waals surface area contributed by atoms with E-state index >= 15 is 0 Å². The largest absolute Gasteiger partial charge is 0.493 e. The monoisotopic (exact) mass is 372 g/mol. The number of aryl methyl sites for hydroxylation is 1. The maximum atomic E-state index is 12.3. The average Bonchev–Trinajstić information content (AvgIpc) is 2.59. The molecule has 0 aliphatic carbocycles. The Morgan fingerprint density at radius 3 is 2.41 bits per heavy atom. The first-order valence-electron chi connectivity index (χ1n) is 8.85. The van der Waals surface area contributed by atoms with Crippen molar-refractivity contribution in [1.82, 2.24) is 15.3 Å². The third-order valence-electron chi connectivity index (χ3n) is 3.73. The highest BCUT2D eigenvalue weighted by Crippen LogP contribution is 2.27. The molecule has 7 nitrogen and oxygen atoms in total. The molecule has 0 aliphatic rings. The number of benzene rings is 1. The molecule has 146 valence electrons. The highest BCUT2D eigenvalue weighted by molar-refractivity contribution is 5.93. The highest BCUT2D eigenvalue weighted by atomic mass is 16.5. The van der Waals surface area contributed by atoms with Crippen molar-refractivity contribution in [3.05, 3.63) is 41.3 Å². The molecular weight excluding hydrogens is 344 g/mol. The van der Waals surface area contributed by atoms with E-state index in [2.05, 4.69) is 20.6 Å². The van der Waals surface area contributed by atoms with Gasteiger partial charge in [-0.05, 0) is 51.8 Å². The minimum atomic E-state index is -0.322. The van der Waals surface area contributed by atoms with Crippen molar-refractivity contribution in [3.63, 3.8) is 0 Å². The standard InChI is InChI=1S/C20H28N4O3/c1-13-22-15(19(25)24-20(2,3)4)12-18(23-13)21-10-9-14-7-8-16(26-5)17(11-14)27-6/h7-8,11-12H,9-10H2,1-6H3,(H,24,25)(H,21,22,23). The molecule has 1 aromatic carbocycles. The molecule has 1 aromatic heterocycles. The van der Waals surface area contributed by atoms with Crippen molar-refractivity contribution < 1.29 is 14.3 Å². The van der Waals surface area contributed by atoms with Gasteiger partial charge in [-0.1, -0.05) is 6.07 Å². The maximum absolute atomic E-state index is 12.3. The number of aromatic nitrogens is 2. The molecule has 2 rings (SSSR count). The maximum Gasteiger partial charge on any atom is 0.270 e. The van der Waals surface area contributed by atoms with Crippen molar-refractivity contribution in [2.45, 2.75) is 39.7 Å². The van der Waals surface area contributed by atoms with Crippen molar-refractivity contribution >= 4 is 11.7 Å². The van der Waals surface area contributed by atoms with E-state index in [1.165, 1.54) is 0 Å². The van der Waals surface area contributed by atoms with Crippen molar-refractivity contribution in [1.29, 1.82) is 0 Å². The number of anilines is 1. The lowest BCUT2D eigenvalue weighted by Crippen LogP contribution is -2.41. The Hall–Kier alpha value is -2.83. The predicted octanol–water partition coefficient (Wildman–Crippen LogP) is 2.99. The van der Waals surface area contributed by atoms with Gasteiger partial charge in [-0.3, -0.25) is 4.79 Å². The Balaban J connectivity index is 2.03. The van der Waals surface area contributed by atoms with Gasteiger partial charge in [-0.15, -0.1) is 0 Å². The van der Waals surface area contributed by atoms with E-state index in [0.717, 1.165) is 12.0 Å². The lowest BCUT2D eigenvalue weighted by atomic mass is 10.1. The van der Waals surface area contributed by atoms with Gasteiger partial charge in [-0.25, -0.2) is 9.97 Å². The number of hydrogen-bond acceptors (Lipinski definition) is 6. The molecule has 0 bridgehead atoms. The molecule has 0 atom stereocenters. The lowest BCUT2D eigenvalue weighted by molar-refractivity contribution is 0.0914. The van der Waals surface area contributed by atoms with Crippen LogP contribution in [0, 0.1) is 6.92 Å². The molecule has 0 fully saturated rings. The van der Waals surface area contributed by atoms with Gasteiger partial charge in [0.1, 0.15) is 17.3 Å². The molecule has 27 heavy (non-hydrogen) atoms. The second kappa shape index (κ2) is 8.70. The smallest absolute Gasteiger partial charge is 0.270 e. The fraction of sp³-hybridized carbons (Fsp3) is 0.450. The Morgan fingerprint density at radius 1 is 1.07 bits per heavy atom. The van der Waals surface area contributed by atoms with Crippen molar-refractivity contribution in [3.8, 4) is 11.5 Å². The Bertz CT molecular complexity index is 800. The van der Waals surface area contributed by atoms with Gasteiger partial charge in [0.2, 0.25) is 0 Å². The summed E-state index contributed by atoms with van der Waals surface area (Å²) in [7, 11) is 3.23. The van der Waals surface area contributed by atoms with E-state index in [4.69, 9.17) is 9.47 Å². The van der Waals surface area contributed by atoms with Gasteiger partial charge < -0.3 is 20.1 Å². The number of nitrogens with zero attached hydrogens (tertiary/aromatic N) is 2. The zero-order chi connectivity index (χ0) is 20.0. The molecule has 7 heteroatoms. The molecule has 0 radical (unpaired) electrons. The van der Waals surface area contributed by atoms with E-state index in [9.17, 15) is 4.79 Å². The molecule has 0 saturated carbocycles. The molecule has 1 amide bonds. The molecule has 0 aliphatic heterocycles. The zero-order valence-corrected chi connectivity index (χ0v) is 16.8. The van der Waals surface area contributed by atoms with Crippen LogP contribution >= 0.6 is 0 Å². The zero-order valence-electron chi connectivity index (χ0n) is 16.8. The van der Waals surface area contributed by atoms with E-state index < -0.39 is 0 Å². The summed E-state index contributed by atoms with van der Waals surface area (Å²) in [5, 5.41) is 6.17. The summed E-state index contributed by atoms with van der Waals surface area (Å²) in [6.45, 7) is 8.23. The fourth-order valence-corrected chi connectivity index (χ4v) is 2.55. The number of rotatable bonds is 7. The fourth-order valence-electron chi connectivity index (χ4n) is 2.55. The minimum Gasteiger partial charge on any atom is -0.493 e. The van der Waals surface area contributed by atoms with Gasteiger partial charge in [0, 0.05) is 18.2 Å². The summed E-state index contributed by atoms with van der Waals surface area (Å²) in [6.07, 6.45) is 0.771. The van der Waals surface area contributed by atoms with Gasteiger partial charge in [0.15, 0.2) is 11.5 Å². The van der Waals surface area contributed by atoms with E-state index in [1.54, 1.807) is 27.2 Å². The molecule has 2 aromatic rings. The SMILES string of the molecule is COc1ccc(CCNc2cc(C(=O)NC(C)(C)C)nc(C)n2)cc1OC. The van der Waals surface area contributed by atoms with Crippen LogP contribution in [0.4, 0.5) is 5.82 Å². The summed E-state index contributed by atoms with van der Waals surface area (Å²) in [5.74, 6) is 2.37. The van der Waals surface area contributed by atoms with E-state index in [0.29, 0.717) is 35.4 Å². The number of ether oxygens (including phenoxy) is 2. The van der Waals surface area contributed by atoms with Crippen LogP contribution in [-0.4, -0.2) is 42.2 Å². The first-order chi connectivity index (χ1) is 12.7. The van der Waals surface area contributed by atoms with Crippen molar-refractivity contribution in [2.75, 3.05) is 26.1 Å². The van der Waals surface area contributed by atoms with E-state index in [1.807, 2.05) is 39.0 Å². The number of nitrogens with one attached hydrogen (secondary N) is 2. The summed E-state index contributed by atoms with van der Waals surface area (Å²) >= 11 is 0. The molecular formula is C20H28N4O3. The molecule has 2 N–H and O–H groups in total. The predicted molar refractivity (Wildman–Crippen MR) is 106 cm³/mol. The van der Waals surface area contributed by atoms with Gasteiger partial charge >= 0.3 is 0 Å². The Labute approximate surface area is 160 Å². The van der Waals surface area contributed by atoms with Crippen LogP contribution in [0.5, 0.6) is 11.5 Å².